The molecule has 234 valence electrons. The standard InChI is InChI=1S/C35H38N4O5S/c1-22-9-12-30(13-10-22)45(41,42)39-32-14-11-26(17-28(32)20-37-39)27-15-23(2)16-29(18-27)38(34(40)44-35(5,6)7)21-31-25(4)33(43-8)24(3)19-36-31/h9-20H,21H2,1-8H3. The summed E-state index contributed by atoms with van der Waals surface area (Å²) in [5, 5.41) is 4.91. The molecule has 0 aliphatic carbocycles. The molecular formula is C35H38N4O5S. The Morgan fingerprint density at radius 1 is 0.889 bits per heavy atom. The van der Waals surface area contributed by atoms with Gasteiger partial charge in [0.25, 0.3) is 10.0 Å². The second kappa shape index (κ2) is 12.0. The number of aryl methyl sites for hydroxylation is 3. The number of fused-ring (bicyclic) bond motifs is 1. The zero-order valence-electron chi connectivity index (χ0n) is 26.9. The lowest BCUT2D eigenvalue weighted by atomic mass is 10.0. The third-order valence-corrected chi connectivity index (χ3v) is 9.07. The Morgan fingerprint density at radius 2 is 1.60 bits per heavy atom. The number of carbonyl (C=O) groups excluding carboxylic acids is 1. The average molecular weight is 627 g/mol. The van der Waals surface area contributed by atoms with Crippen LogP contribution in [0.15, 0.2) is 78.0 Å². The summed E-state index contributed by atoms with van der Waals surface area (Å²) >= 11 is 0. The van der Waals surface area contributed by atoms with E-state index in [0.29, 0.717) is 22.3 Å². The predicted molar refractivity (Wildman–Crippen MR) is 176 cm³/mol. The topological polar surface area (TPSA) is 104 Å². The summed E-state index contributed by atoms with van der Waals surface area (Å²) < 4.78 is 39.2. The van der Waals surface area contributed by atoms with Gasteiger partial charge in [-0.25, -0.2) is 4.79 Å². The molecule has 3 aromatic carbocycles. The maximum absolute atomic E-state index is 13.6. The van der Waals surface area contributed by atoms with Gasteiger partial charge in [-0.15, -0.1) is 0 Å². The summed E-state index contributed by atoms with van der Waals surface area (Å²) in [5.41, 5.74) is 6.44. The lowest BCUT2D eigenvalue weighted by Crippen LogP contribution is -2.37. The molecule has 0 bridgehead atoms. The number of hydrogen-bond acceptors (Lipinski definition) is 7. The average Bonchev–Trinajstić information content (AvgIpc) is 3.40. The smallest absolute Gasteiger partial charge is 0.415 e. The number of aromatic nitrogens is 3. The van der Waals surface area contributed by atoms with Crippen LogP contribution in [0.25, 0.3) is 22.0 Å². The molecule has 5 rings (SSSR count). The first-order valence-electron chi connectivity index (χ1n) is 14.6. The van der Waals surface area contributed by atoms with Crippen LogP contribution in [-0.2, 0) is 21.3 Å². The highest BCUT2D eigenvalue weighted by Gasteiger charge is 2.26. The molecule has 10 heteroatoms. The molecule has 0 saturated carbocycles. The van der Waals surface area contributed by atoms with Gasteiger partial charge in [-0.1, -0.05) is 29.8 Å². The van der Waals surface area contributed by atoms with Gasteiger partial charge in [-0.05, 0) is 102 Å². The molecule has 0 spiro atoms. The molecule has 5 aromatic rings. The van der Waals surface area contributed by atoms with Crippen LogP contribution in [-0.4, -0.2) is 41.4 Å². The molecule has 2 heterocycles. The lowest BCUT2D eigenvalue weighted by Gasteiger charge is -2.28. The first kappa shape index (κ1) is 31.7. The number of hydrogen-bond donors (Lipinski definition) is 0. The molecule has 0 N–H and O–H groups in total. The van der Waals surface area contributed by atoms with E-state index in [1.807, 2.05) is 78.8 Å². The normalized spacial score (nSPS) is 11.9. The fourth-order valence-electron chi connectivity index (χ4n) is 5.23. The first-order chi connectivity index (χ1) is 21.2. The highest BCUT2D eigenvalue weighted by Crippen LogP contribution is 2.33. The highest BCUT2D eigenvalue weighted by molar-refractivity contribution is 7.90. The molecule has 0 aliphatic heterocycles. The van der Waals surface area contributed by atoms with E-state index in [1.165, 1.54) is 0 Å². The van der Waals surface area contributed by atoms with Crippen molar-refractivity contribution in [3.8, 4) is 16.9 Å². The Hall–Kier alpha value is -4.70. The second-order valence-electron chi connectivity index (χ2n) is 12.2. The van der Waals surface area contributed by atoms with Crippen molar-refractivity contribution in [2.45, 2.75) is 65.5 Å². The molecule has 2 aromatic heterocycles. The molecular weight excluding hydrogens is 588 g/mol. The number of amides is 1. The van der Waals surface area contributed by atoms with Gasteiger partial charge in [0.15, 0.2) is 0 Å². The Bertz CT molecular complexity index is 2010. The van der Waals surface area contributed by atoms with Gasteiger partial charge >= 0.3 is 6.09 Å². The van der Waals surface area contributed by atoms with E-state index < -0.39 is 21.7 Å². The minimum atomic E-state index is -3.87. The zero-order valence-corrected chi connectivity index (χ0v) is 27.7. The van der Waals surface area contributed by atoms with Crippen molar-refractivity contribution in [2.24, 2.45) is 0 Å². The molecule has 0 aliphatic rings. The van der Waals surface area contributed by atoms with Crippen molar-refractivity contribution in [1.29, 1.82) is 0 Å². The van der Waals surface area contributed by atoms with Gasteiger partial charge in [-0.2, -0.15) is 17.6 Å². The third kappa shape index (κ3) is 6.56. The number of ether oxygens (including phenoxy) is 2. The summed E-state index contributed by atoms with van der Waals surface area (Å²) in [5.74, 6) is 0.729. The molecule has 9 nitrogen and oxygen atoms in total. The maximum atomic E-state index is 13.6. The Morgan fingerprint density at radius 3 is 2.27 bits per heavy atom. The van der Waals surface area contributed by atoms with E-state index in [4.69, 9.17) is 9.47 Å². The minimum absolute atomic E-state index is 0.170. The van der Waals surface area contributed by atoms with Crippen LogP contribution in [0.1, 0.15) is 48.7 Å². The molecule has 0 unspecified atom stereocenters. The van der Waals surface area contributed by atoms with Crippen LogP contribution in [0.5, 0.6) is 5.75 Å². The van der Waals surface area contributed by atoms with Gasteiger partial charge < -0.3 is 9.47 Å². The van der Waals surface area contributed by atoms with E-state index in [0.717, 1.165) is 43.2 Å². The second-order valence-corrected chi connectivity index (χ2v) is 14.0. The van der Waals surface area contributed by atoms with Crippen molar-refractivity contribution in [3.63, 3.8) is 0 Å². The molecule has 45 heavy (non-hydrogen) atoms. The number of rotatable bonds is 7. The summed E-state index contributed by atoms with van der Waals surface area (Å²) in [6.45, 7) is 13.4. The van der Waals surface area contributed by atoms with Crippen LogP contribution in [0.2, 0.25) is 0 Å². The van der Waals surface area contributed by atoms with Crippen LogP contribution in [0, 0.1) is 27.7 Å². The Labute approximate surface area is 264 Å². The monoisotopic (exact) mass is 626 g/mol. The van der Waals surface area contributed by atoms with E-state index in [2.05, 4.69) is 10.1 Å². The number of pyridine rings is 1. The Balaban J connectivity index is 1.56. The summed E-state index contributed by atoms with van der Waals surface area (Å²) in [6, 6.07) is 18.1. The number of benzene rings is 3. The fourth-order valence-corrected chi connectivity index (χ4v) is 6.51. The van der Waals surface area contributed by atoms with E-state index >= 15 is 0 Å². The first-order valence-corrected chi connectivity index (χ1v) is 16.0. The maximum Gasteiger partial charge on any atom is 0.415 e. The number of methoxy groups -OCH3 is 1. The molecule has 1 amide bonds. The number of carbonyl (C=O) groups is 1. The summed E-state index contributed by atoms with van der Waals surface area (Å²) in [7, 11) is -2.25. The van der Waals surface area contributed by atoms with Crippen LogP contribution in [0.3, 0.4) is 0 Å². The van der Waals surface area contributed by atoms with E-state index in [1.54, 1.807) is 54.7 Å². The van der Waals surface area contributed by atoms with Gasteiger partial charge in [0.2, 0.25) is 0 Å². The van der Waals surface area contributed by atoms with Gasteiger partial charge in [0, 0.05) is 28.4 Å². The van der Waals surface area contributed by atoms with E-state index in [-0.39, 0.29) is 11.4 Å². The van der Waals surface area contributed by atoms with Crippen LogP contribution < -0.4 is 9.64 Å². The SMILES string of the molecule is COc1c(C)cnc(CN(C(=O)OC(C)(C)C)c2cc(C)cc(-c3ccc4c(cnn4S(=O)(=O)c4ccc(C)cc4)c3)c2)c1C. The molecule has 0 saturated heterocycles. The minimum Gasteiger partial charge on any atom is -0.496 e. The van der Waals surface area contributed by atoms with Gasteiger partial charge in [0.1, 0.15) is 11.4 Å². The van der Waals surface area contributed by atoms with Crippen molar-refractivity contribution in [3.05, 3.63) is 101 Å². The van der Waals surface area contributed by atoms with Gasteiger partial charge in [-0.3, -0.25) is 9.88 Å². The molecule has 0 atom stereocenters. The largest absolute Gasteiger partial charge is 0.496 e. The van der Waals surface area contributed by atoms with Crippen molar-refractivity contribution in [1.82, 2.24) is 14.2 Å². The number of anilines is 1. The molecule has 0 fully saturated rings. The highest BCUT2D eigenvalue weighted by atomic mass is 32.2. The van der Waals surface area contributed by atoms with Crippen molar-refractivity contribution in [2.75, 3.05) is 12.0 Å². The predicted octanol–water partition coefficient (Wildman–Crippen LogP) is 7.52. The lowest BCUT2D eigenvalue weighted by molar-refractivity contribution is 0.0577. The zero-order chi connectivity index (χ0) is 32.7. The molecule has 0 radical (unpaired) electrons. The van der Waals surface area contributed by atoms with Crippen LogP contribution >= 0.6 is 0 Å². The summed E-state index contributed by atoms with van der Waals surface area (Å²) in [6.07, 6.45) is 2.79. The van der Waals surface area contributed by atoms with E-state index in [9.17, 15) is 13.2 Å². The number of nitrogens with zero attached hydrogens (tertiary/aromatic N) is 4. The third-order valence-electron chi connectivity index (χ3n) is 7.46. The Kier molecular flexibility index (Phi) is 8.46. The van der Waals surface area contributed by atoms with Crippen molar-refractivity contribution < 1.29 is 22.7 Å². The fraction of sp³-hybridized carbons (Fsp3) is 0.286. The quantitative estimate of drug-likeness (QED) is 0.184. The van der Waals surface area contributed by atoms with Gasteiger partial charge in [0.05, 0.1) is 36.0 Å². The van der Waals surface area contributed by atoms with Crippen LogP contribution in [0.4, 0.5) is 10.5 Å². The summed E-state index contributed by atoms with van der Waals surface area (Å²) in [4.78, 5) is 20.0. The van der Waals surface area contributed by atoms with Crippen molar-refractivity contribution >= 4 is 32.7 Å².